The van der Waals surface area contributed by atoms with Gasteiger partial charge in [-0.25, -0.2) is 13.8 Å². The molecule has 6 amide bonds. The number of pyridine rings is 2. The number of piperidine rings is 2. The number of fused-ring (bicyclic) bond motifs is 2. The number of hydrogen-bond acceptors (Lipinski definition) is 13. The first-order valence-corrected chi connectivity index (χ1v) is 24.2. The number of benzene rings is 3. The molecule has 4 aliphatic heterocycles. The lowest BCUT2D eigenvalue weighted by Gasteiger charge is -2.45. The molecule has 1 saturated carbocycles. The van der Waals surface area contributed by atoms with E-state index in [0.717, 1.165) is 43.9 Å². The molecule has 19 heteroatoms. The van der Waals surface area contributed by atoms with Crippen molar-refractivity contribution in [3.63, 3.8) is 0 Å². The van der Waals surface area contributed by atoms with Gasteiger partial charge < -0.3 is 25.6 Å². The van der Waals surface area contributed by atoms with Crippen LogP contribution in [0.25, 0.3) is 10.9 Å². The molecule has 5 aliphatic rings. The van der Waals surface area contributed by atoms with Gasteiger partial charge in [-0.2, -0.15) is 0 Å². The maximum Gasteiger partial charge on any atom is 0.266 e. The fourth-order valence-corrected chi connectivity index (χ4v) is 10.3. The maximum absolute atomic E-state index is 16.0. The number of carbonyl (C=O) groups is 6. The molecular weight excluding hydrogens is 915 g/mol. The van der Waals surface area contributed by atoms with E-state index in [1.165, 1.54) is 42.6 Å². The molecule has 5 aromatic rings. The zero-order valence-corrected chi connectivity index (χ0v) is 39.4. The molecule has 6 heterocycles. The largest absolute Gasteiger partial charge is 0.457 e. The molecule has 3 atom stereocenters. The van der Waals surface area contributed by atoms with Gasteiger partial charge in [-0.15, -0.1) is 0 Å². The summed E-state index contributed by atoms with van der Waals surface area (Å²) in [5, 5.41) is 11.6. The fraction of sp³-hybridized carbons (Fsp3) is 0.385. The predicted molar refractivity (Wildman–Crippen MR) is 260 cm³/mol. The molecule has 3 saturated heterocycles. The van der Waals surface area contributed by atoms with E-state index in [0.29, 0.717) is 89.7 Å². The highest BCUT2D eigenvalue weighted by Gasteiger charge is 2.56. The highest BCUT2D eigenvalue weighted by atomic mass is 19.1. The number of carbonyl (C=O) groups excluding carboxylic acids is 6. The number of amides is 6. The summed E-state index contributed by atoms with van der Waals surface area (Å²) in [7, 11) is 0. The van der Waals surface area contributed by atoms with Crippen LogP contribution >= 0.6 is 0 Å². The van der Waals surface area contributed by atoms with E-state index in [2.05, 4.69) is 59.8 Å². The summed E-state index contributed by atoms with van der Waals surface area (Å²) >= 11 is 0. The van der Waals surface area contributed by atoms with Gasteiger partial charge in [0.15, 0.2) is 0 Å². The lowest BCUT2D eigenvalue weighted by molar-refractivity contribution is -0.136. The van der Waals surface area contributed by atoms with E-state index < -0.39 is 52.7 Å². The maximum atomic E-state index is 16.0. The molecule has 10 rings (SSSR count). The number of ether oxygens (including phenoxy) is 1. The molecule has 1 aliphatic carbocycles. The molecule has 0 spiro atoms. The number of aromatic nitrogens is 2. The van der Waals surface area contributed by atoms with Gasteiger partial charge in [0.25, 0.3) is 11.8 Å². The summed E-state index contributed by atoms with van der Waals surface area (Å²) in [5.74, 6) is -2.29. The number of nitrogens with one attached hydrogen (secondary N) is 4. The normalized spacial score (nSPS) is 20.3. The molecule has 0 bridgehead atoms. The SMILES string of the molecule is C[C@H](C1CCN(c2cc3nccc(Oc4ccc(NC(=O)C5(C(=O)Nc6ccc(F)cc6)CC5)cc4)c3cc2F)CC1)N1CCN([C@@H](C)CNc2nccc3c2C(=O)N(C2CCC(=O)NC2=O)C3=O)CC1. The van der Waals surface area contributed by atoms with E-state index in [4.69, 9.17) is 4.74 Å². The minimum atomic E-state index is -1.20. The Bertz CT molecular complexity index is 2920. The van der Waals surface area contributed by atoms with Gasteiger partial charge in [0.2, 0.25) is 23.6 Å². The van der Waals surface area contributed by atoms with Crippen LogP contribution in [0.2, 0.25) is 0 Å². The number of nitrogens with zero attached hydrogens (tertiary/aromatic N) is 6. The smallest absolute Gasteiger partial charge is 0.266 e. The van der Waals surface area contributed by atoms with Crippen molar-refractivity contribution in [3.05, 3.63) is 108 Å². The van der Waals surface area contributed by atoms with Crippen molar-refractivity contribution in [1.82, 2.24) is 30.0 Å². The van der Waals surface area contributed by atoms with E-state index in [1.54, 1.807) is 42.6 Å². The third kappa shape index (κ3) is 9.50. The first-order chi connectivity index (χ1) is 34.3. The first-order valence-electron chi connectivity index (χ1n) is 24.2. The minimum Gasteiger partial charge on any atom is -0.457 e. The summed E-state index contributed by atoms with van der Waals surface area (Å²) in [6.07, 6.45) is 5.85. The highest BCUT2D eigenvalue weighted by Crippen LogP contribution is 2.48. The molecule has 2 aromatic heterocycles. The number of piperazine rings is 1. The lowest BCUT2D eigenvalue weighted by atomic mass is 9.88. The van der Waals surface area contributed by atoms with Crippen LogP contribution < -0.4 is 30.9 Å². The Labute approximate surface area is 408 Å². The summed E-state index contributed by atoms with van der Waals surface area (Å²) in [4.78, 5) is 94.2. The van der Waals surface area contributed by atoms with E-state index in [1.807, 2.05) is 0 Å². The van der Waals surface area contributed by atoms with Crippen molar-refractivity contribution >= 4 is 69.2 Å². The number of anilines is 4. The summed E-state index contributed by atoms with van der Waals surface area (Å²) in [5.41, 5.74) is 1.11. The van der Waals surface area contributed by atoms with Gasteiger partial charge in [-0.05, 0) is 125 Å². The number of rotatable bonds is 14. The van der Waals surface area contributed by atoms with Crippen molar-refractivity contribution in [3.8, 4) is 11.5 Å². The quantitative estimate of drug-likeness (QED) is 0.0728. The molecule has 1 unspecified atom stereocenters. The Morgan fingerprint density at radius 3 is 2.10 bits per heavy atom. The zero-order chi connectivity index (χ0) is 49.6. The lowest BCUT2D eigenvalue weighted by Crippen LogP contribution is -2.55. The molecule has 4 N–H and O–H groups in total. The van der Waals surface area contributed by atoms with Crippen LogP contribution in [0.5, 0.6) is 11.5 Å². The fourth-order valence-electron chi connectivity index (χ4n) is 10.3. The van der Waals surface area contributed by atoms with Gasteiger partial charge in [-0.1, -0.05) is 0 Å². The number of imide groups is 2. The Kier molecular flexibility index (Phi) is 12.9. The Balaban J connectivity index is 0.691. The number of halogens is 2. The van der Waals surface area contributed by atoms with Gasteiger partial charge in [0.1, 0.15) is 40.4 Å². The second kappa shape index (κ2) is 19.4. The topological polar surface area (TPSA) is 199 Å². The van der Waals surface area contributed by atoms with Gasteiger partial charge in [0.05, 0.1) is 22.3 Å². The van der Waals surface area contributed by atoms with E-state index >= 15 is 4.39 Å². The number of hydrogen-bond donors (Lipinski definition) is 4. The molecule has 3 aromatic carbocycles. The van der Waals surface area contributed by atoms with Gasteiger partial charge in [0, 0.05) is 93.5 Å². The molecule has 368 valence electrons. The third-order valence-corrected chi connectivity index (χ3v) is 14.9. The predicted octanol–water partition coefficient (Wildman–Crippen LogP) is 6.18. The van der Waals surface area contributed by atoms with Crippen LogP contribution in [0.1, 0.15) is 73.1 Å². The second-order valence-corrected chi connectivity index (χ2v) is 19.1. The van der Waals surface area contributed by atoms with Crippen molar-refractivity contribution in [2.75, 3.05) is 66.7 Å². The average molecular weight is 969 g/mol. The van der Waals surface area contributed by atoms with Crippen molar-refractivity contribution in [2.45, 2.75) is 70.5 Å². The summed E-state index contributed by atoms with van der Waals surface area (Å²) in [6.45, 7) is 9.76. The summed E-state index contributed by atoms with van der Waals surface area (Å²) in [6, 6.07) is 17.9. The highest BCUT2D eigenvalue weighted by molar-refractivity contribution is 6.25. The standard InChI is InChI=1S/C52H54F2N10O7/c1-30(29-57-46-45-37(13-19-56-46)48(67)64(49(45)68)41-11-12-44(65)60-47(41)66)61-23-25-62(26-24-61)31(2)32-15-21-63(22-16-32)42-28-40-38(27-39(42)54)43(14-20-55-40)71-36-9-7-35(8-10-36)59-51(70)52(17-18-52)50(69)58-34-5-3-33(53)4-6-34/h3-10,13-14,19-20,27-28,30-32,41H,11-12,15-18,21-26,29H2,1-2H3,(H,56,57)(H,58,69)(H,59,70)(H,60,65,66)/t30-,31+,41?/m0/s1. The van der Waals surface area contributed by atoms with Gasteiger partial charge in [-0.3, -0.25) is 53.8 Å². The van der Waals surface area contributed by atoms with Crippen molar-refractivity contribution in [1.29, 1.82) is 0 Å². The van der Waals surface area contributed by atoms with Gasteiger partial charge >= 0.3 is 0 Å². The molecule has 4 fully saturated rings. The molecular formula is C52H54F2N10O7. The Morgan fingerprint density at radius 2 is 1.44 bits per heavy atom. The zero-order valence-electron chi connectivity index (χ0n) is 39.4. The monoisotopic (exact) mass is 968 g/mol. The van der Waals surface area contributed by atoms with E-state index in [9.17, 15) is 33.2 Å². The van der Waals surface area contributed by atoms with Crippen LogP contribution in [0.4, 0.5) is 31.7 Å². The van der Waals surface area contributed by atoms with Crippen LogP contribution in [0.15, 0.2) is 85.2 Å². The second-order valence-electron chi connectivity index (χ2n) is 19.1. The van der Waals surface area contributed by atoms with Crippen LogP contribution in [0, 0.1) is 23.0 Å². The Morgan fingerprint density at radius 1 is 0.789 bits per heavy atom. The van der Waals surface area contributed by atoms with Crippen molar-refractivity contribution in [2.24, 2.45) is 11.3 Å². The minimum absolute atomic E-state index is 0.0469. The Hall–Kier alpha value is -7.38. The van der Waals surface area contributed by atoms with Crippen LogP contribution in [0.3, 0.4) is 0 Å². The molecule has 17 nitrogen and oxygen atoms in total. The molecule has 71 heavy (non-hydrogen) atoms. The average Bonchev–Trinajstić information content (AvgIpc) is 4.16. The van der Waals surface area contributed by atoms with Crippen molar-refractivity contribution < 1.29 is 42.3 Å². The summed E-state index contributed by atoms with van der Waals surface area (Å²) < 4.78 is 35.5. The third-order valence-electron chi connectivity index (χ3n) is 14.9. The van der Waals surface area contributed by atoms with Crippen LogP contribution in [-0.4, -0.2) is 124 Å². The van der Waals surface area contributed by atoms with E-state index in [-0.39, 0.29) is 35.8 Å². The van der Waals surface area contributed by atoms with Crippen LogP contribution in [-0.2, 0) is 19.2 Å². The first kappa shape index (κ1) is 47.3. The molecule has 0 radical (unpaired) electrons.